The number of carbonyl (C=O) groups excluding carboxylic acids is 1. The number of fused-ring (bicyclic) bond motifs is 1. The topological polar surface area (TPSA) is 93.1 Å². The molecule has 8 heteroatoms. The molecule has 2 amide bonds. The molecule has 3 N–H and O–H groups in total. The highest BCUT2D eigenvalue weighted by Crippen LogP contribution is 2.23. The van der Waals surface area contributed by atoms with E-state index in [1.165, 1.54) is 23.3 Å². The van der Waals surface area contributed by atoms with Gasteiger partial charge in [0.2, 0.25) is 0 Å². The third-order valence-electron chi connectivity index (χ3n) is 4.73. The minimum atomic E-state index is -0.694. The Morgan fingerprint density at radius 3 is 2.59 bits per heavy atom. The van der Waals surface area contributed by atoms with E-state index in [0.717, 1.165) is 18.7 Å². The van der Waals surface area contributed by atoms with Crippen molar-refractivity contribution in [2.45, 2.75) is 32.6 Å². The normalized spacial score (nSPS) is 13.7. The number of hydrogen-bond donors (Lipinski definition) is 3. The Hall–Kier alpha value is -3.13. The maximum Gasteiger partial charge on any atom is 0.317 e. The number of nitrogens with zero attached hydrogens (tertiary/aromatic N) is 2. The molecule has 1 aliphatic rings. The number of aromatic hydroxyl groups is 1. The van der Waals surface area contributed by atoms with Crippen LogP contribution in [0.2, 0.25) is 0 Å². The zero-order valence-corrected chi connectivity index (χ0v) is 16.7. The Bertz CT molecular complexity index is 875. The molecule has 3 rings (SSSR count). The summed E-state index contributed by atoms with van der Waals surface area (Å²) in [6.45, 7) is 3.93. The fraction of sp³-hybridized carbons (Fsp3) is 0.333. The summed E-state index contributed by atoms with van der Waals surface area (Å²) in [5.41, 5.74) is 4.33. The number of urea groups is 1. The van der Waals surface area contributed by atoms with Crippen molar-refractivity contribution < 1.29 is 24.2 Å². The van der Waals surface area contributed by atoms with Gasteiger partial charge in [-0.1, -0.05) is 24.3 Å². The van der Waals surface area contributed by atoms with Crippen LogP contribution >= 0.6 is 0 Å². The molecule has 7 nitrogen and oxygen atoms in total. The van der Waals surface area contributed by atoms with Crippen molar-refractivity contribution in [2.75, 3.05) is 14.1 Å². The highest BCUT2D eigenvalue weighted by atomic mass is 19.1. The first-order chi connectivity index (χ1) is 13.7. The molecule has 0 spiro atoms. The molecular formula is C21H26FN3O4. The molecule has 0 bridgehead atoms. The molecule has 0 saturated carbocycles. The third kappa shape index (κ3) is 5.92. The number of carbonyl (C=O) groups is 2. The first-order valence-corrected chi connectivity index (χ1v) is 9.12. The summed E-state index contributed by atoms with van der Waals surface area (Å²) in [5, 5.41) is 19.0. The van der Waals surface area contributed by atoms with Crippen LogP contribution in [0.25, 0.3) is 0 Å². The summed E-state index contributed by atoms with van der Waals surface area (Å²) < 4.78 is 13.5. The number of nitrogens with one attached hydrogen (secondary N) is 1. The minimum absolute atomic E-state index is 0.233. The van der Waals surface area contributed by atoms with Crippen LogP contribution in [0.4, 0.5) is 9.18 Å². The van der Waals surface area contributed by atoms with Crippen LogP contribution in [0.3, 0.4) is 0 Å². The standard InChI is InChI=1S/C20H24FN3O2.CH2O2/c1-13(15-6-7-19(25)18(21)9-15)22-20(26)24(3)10-14-4-5-16-11-23(2)12-17(16)8-14;2-1-3/h4-9,13,25H,10-12H2,1-3H3,(H,22,26);1H,(H,2,3). The third-order valence-corrected chi connectivity index (χ3v) is 4.73. The van der Waals surface area contributed by atoms with Gasteiger partial charge < -0.3 is 20.4 Å². The first kappa shape index (κ1) is 22.2. The first-order valence-electron chi connectivity index (χ1n) is 9.12. The van der Waals surface area contributed by atoms with Gasteiger partial charge in [-0.15, -0.1) is 0 Å². The number of amides is 2. The van der Waals surface area contributed by atoms with Crippen LogP contribution in [0.15, 0.2) is 36.4 Å². The maximum absolute atomic E-state index is 13.5. The Kier molecular flexibility index (Phi) is 7.55. The van der Waals surface area contributed by atoms with Crippen LogP contribution in [0.1, 0.15) is 35.2 Å². The van der Waals surface area contributed by atoms with Crippen molar-refractivity contribution in [3.8, 4) is 5.75 Å². The monoisotopic (exact) mass is 403 g/mol. The van der Waals surface area contributed by atoms with Crippen LogP contribution in [0, 0.1) is 5.82 Å². The molecule has 1 aliphatic heterocycles. The smallest absolute Gasteiger partial charge is 0.317 e. The lowest BCUT2D eigenvalue weighted by atomic mass is 10.1. The second-order valence-corrected chi connectivity index (χ2v) is 7.12. The Labute approximate surface area is 169 Å². The van der Waals surface area contributed by atoms with E-state index in [9.17, 15) is 14.3 Å². The molecule has 0 radical (unpaired) electrons. The number of hydrogen-bond acceptors (Lipinski definition) is 4. The Balaban J connectivity index is 0.000000941. The Morgan fingerprint density at radius 1 is 1.28 bits per heavy atom. The van der Waals surface area contributed by atoms with Crippen molar-refractivity contribution in [3.63, 3.8) is 0 Å². The van der Waals surface area contributed by atoms with Gasteiger partial charge in [-0.2, -0.15) is 0 Å². The highest BCUT2D eigenvalue weighted by molar-refractivity contribution is 5.74. The van der Waals surface area contributed by atoms with Crippen LogP contribution in [0.5, 0.6) is 5.75 Å². The number of rotatable bonds is 4. The molecule has 2 aromatic rings. The quantitative estimate of drug-likeness (QED) is 0.683. The fourth-order valence-electron chi connectivity index (χ4n) is 3.23. The van der Waals surface area contributed by atoms with E-state index in [4.69, 9.17) is 9.90 Å². The van der Waals surface area contributed by atoms with E-state index in [0.29, 0.717) is 12.1 Å². The van der Waals surface area contributed by atoms with Crippen LogP contribution in [-0.4, -0.2) is 46.6 Å². The summed E-state index contributed by atoms with van der Waals surface area (Å²) in [5.74, 6) is -1.09. The van der Waals surface area contributed by atoms with Crippen molar-refractivity contribution in [2.24, 2.45) is 0 Å². The lowest BCUT2D eigenvalue weighted by Gasteiger charge is -2.22. The molecule has 0 aliphatic carbocycles. The predicted octanol–water partition coefficient (Wildman–Crippen LogP) is 3.08. The van der Waals surface area contributed by atoms with Crippen molar-refractivity contribution in [1.82, 2.24) is 15.1 Å². The SMILES string of the molecule is CC(NC(=O)N(C)Cc1ccc2c(c1)CN(C)C2)c1ccc(O)c(F)c1.O=CO. The molecule has 0 aromatic heterocycles. The molecular weight excluding hydrogens is 377 g/mol. The zero-order valence-electron chi connectivity index (χ0n) is 16.7. The van der Waals surface area contributed by atoms with E-state index >= 15 is 0 Å². The lowest BCUT2D eigenvalue weighted by molar-refractivity contribution is -0.122. The number of carboxylic acid groups (broad SMARTS) is 1. The number of phenolic OH excluding ortho intramolecular Hbond substituents is 1. The molecule has 0 saturated heterocycles. The zero-order chi connectivity index (χ0) is 21.6. The van der Waals surface area contributed by atoms with Gasteiger partial charge in [0.25, 0.3) is 6.47 Å². The molecule has 1 unspecified atom stereocenters. The molecule has 1 atom stereocenters. The maximum atomic E-state index is 13.5. The summed E-state index contributed by atoms with van der Waals surface area (Å²) in [7, 11) is 3.83. The summed E-state index contributed by atoms with van der Waals surface area (Å²) >= 11 is 0. The summed E-state index contributed by atoms with van der Waals surface area (Å²) in [6.07, 6.45) is 0. The van der Waals surface area contributed by atoms with Gasteiger partial charge in [0.1, 0.15) is 0 Å². The van der Waals surface area contributed by atoms with E-state index in [2.05, 4.69) is 35.5 Å². The van der Waals surface area contributed by atoms with Gasteiger partial charge in [-0.25, -0.2) is 9.18 Å². The van der Waals surface area contributed by atoms with Gasteiger partial charge in [0.05, 0.1) is 6.04 Å². The second kappa shape index (κ2) is 9.88. The number of benzene rings is 2. The predicted molar refractivity (Wildman–Crippen MR) is 107 cm³/mol. The van der Waals surface area contributed by atoms with E-state index in [1.54, 1.807) is 24.9 Å². The molecule has 0 fully saturated rings. The van der Waals surface area contributed by atoms with Gasteiger partial charge in [0, 0.05) is 26.7 Å². The number of phenols is 1. The second-order valence-electron chi connectivity index (χ2n) is 7.12. The Morgan fingerprint density at radius 2 is 1.93 bits per heavy atom. The highest BCUT2D eigenvalue weighted by Gasteiger charge is 2.18. The van der Waals surface area contributed by atoms with Crippen LogP contribution < -0.4 is 5.32 Å². The van der Waals surface area contributed by atoms with E-state index in [1.807, 2.05) is 0 Å². The average Bonchev–Trinajstić information content (AvgIpc) is 3.03. The lowest BCUT2D eigenvalue weighted by Crippen LogP contribution is -2.38. The van der Waals surface area contributed by atoms with Gasteiger partial charge in [-0.05, 0) is 48.4 Å². The molecule has 156 valence electrons. The fourth-order valence-corrected chi connectivity index (χ4v) is 3.23. The van der Waals surface area contributed by atoms with Gasteiger partial charge in [-0.3, -0.25) is 9.69 Å². The largest absolute Gasteiger partial charge is 0.505 e. The van der Waals surface area contributed by atoms with Gasteiger partial charge in [0.15, 0.2) is 11.6 Å². The molecule has 2 aromatic carbocycles. The van der Waals surface area contributed by atoms with Crippen molar-refractivity contribution in [3.05, 3.63) is 64.5 Å². The summed E-state index contributed by atoms with van der Waals surface area (Å²) in [6, 6.07) is 9.86. The molecule has 29 heavy (non-hydrogen) atoms. The van der Waals surface area contributed by atoms with E-state index < -0.39 is 11.6 Å². The van der Waals surface area contributed by atoms with Crippen molar-refractivity contribution in [1.29, 1.82) is 0 Å². The molecule has 1 heterocycles. The average molecular weight is 403 g/mol. The minimum Gasteiger partial charge on any atom is -0.505 e. The summed E-state index contributed by atoms with van der Waals surface area (Å²) in [4.78, 5) is 24.7. The van der Waals surface area contributed by atoms with E-state index in [-0.39, 0.29) is 18.5 Å². The number of halogens is 1. The van der Waals surface area contributed by atoms with Gasteiger partial charge >= 0.3 is 6.03 Å². The van der Waals surface area contributed by atoms with Crippen molar-refractivity contribution >= 4 is 12.5 Å². The van der Waals surface area contributed by atoms with Crippen LogP contribution in [-0.2, 0) is 24.4 Å².